The van der Waals surface area contributed by atoms with Gasteiger partial charge in [-0.1, -0.05) is 66.7 Å². The quantitative estimate of drug-likeness (QED) is 0.542. The average Bonchev–Trinajstić information content (AvgIpc) is 2.76. The Balaban J connectivity index is 0.00000363. The second-order valence-corrected chi connectivity index (χ2v) is 7.91. The number of carbonyl (C=O) groups excluding carboxylic acids is 1. The van der Waals surface area contributed by atoms with Gasteiger partial charge in [0.2, 0.25) is 0 Å². The van der Waals surface area contributed by atoms with Gasteiger partial charge in [-0.25, -0.2) is 4.79 Å². The molecule has 0 radical (unpaired) electrons. The summed E-state index contributed by atoms with van der Waals surface area (Å²) in [5, 5.41) is 18.3. The number of rotatable bonds is 6. The van der Waals surface area contributed by atoms with Crippen molar-refractivity contribution < 1.29 is 39.5 Å². The number of aromatic nitrogens is 1. The average molecular weight is 462 g/mol. The van der Waals surface area contributed by atoms with E-state index < -0.39 is 17.3 Å². The number of halogens is 1. The molecule has 0 aliphatic heterocycles. The van der Waals surface area contributed by atoms with E-state index in [2.05, 4.69) is 10.6 Å². The molecule has 0 spiro atoms. The maximum Gasteiger partial charge on any atom is 1.00 e. The molecule has 2 amide bonds. The van der Waals surface area contributed by atoms with Gasteiger partial charge in [0.1, 0.15) is 5.69 Å². The van der Waals surface area contributed by atoms with Crippen molar-refractivity contribution >= 4 is 23.3 Å². The molecule has 0 fully saturated rings. The van der Waals surface area contributed by atoms with Crippen LogP contribution in [0.4, 0.5) is 10.5 Å². The Kier molecular flexibility index (Phi) is 9.40. The smallest absolute Gasteiger partial charge is 0.871 e. The summed E-state index contributed by atoms with van der Waals surface area (Å²) in [6, 6.07) is 14.8. The zero-order valence-corrected chi connectivity index (χ0v) is 21.5. The number of pyridine rings is 1. The van der Waals surface area contributed by atoms with Crippen LogP contribution in [0.1, 0.15) is 41.6 Å². The van der Waals surface area contributed by atoms with Crippen molar-refractivity contribution in [2.24, 2.45) is 7.05 Å². The monoisotopic (exact) mass is 461 g/mol. The van der Waals surface area contributed by atoms with E-state index in [1.54, 1.807) is 6.92 Å². The first-order chi connectivity index (χ1) is 14.8. The van der Waals surface area contributed by atoms with Crippen LogP contribution in [0.2, 0.25) is 5.02 Å². The molecule has 3 aromatic rings. The van der Waals surface area contributed by atoms with Gasteiger partial charge in [0, 0.05) is 18.3 Å². The minimum Gasteiger partial charge on any atom is -0.871 e. The van der Waals surface area contributed by atoms with Gasteiger partial charge in [0.15, 0.2) is 0 Å². The summed E-state index contributed by atoms with van der Waals surface area (Å²) in [5.74, 6) is -0.477. The molecule has 2 aromatic carbocycles. The minimum atomic E-state index is -0.591. The summed E-state index contributed by atoms with van der Waals surface area (Å²) in [4.78, 5) is 24.7. The number of urea groups is 1. The maximum atomic E-state index is 12.5. The molecule has 0 aliphatic rings. The van der Waals surface area contributed by atoms with Crippen molar-refractivity contribution in [2.45, 2.75) is 32.7 Å². The molecule has 6 nitrogen and oxygen atoms in total. The summed E-state index contributed by atoms with van der Waals surface area (Å²) >= 11 is 6.24. The molecule has 0 saturated carbocycles. The number of hydrogen-bond donors (Lipinski definition) is 2. The van der Waals surface area contributed by atoms with E-state index >= 15 is 0 Å². The van der Waals surface area contributed by atoms with Crippen molar-refractivity contribution in [3.05, 3.63) is 92.4 Å². The molecule has 0 saturated heterocycles. The molecule has 1 atom stereocenters. The van der Waals surface area contributed by atoms with Gasteiger partial charge >= 0.3 is 35.6 Å². The summed E-state index contributed by atoms with van der Waals surface area (Å²) in [7, 11) is 1.54. The van der Waals surface area contributed by atoms with Crippen LogP contribution in [0.5, 0.6) is 5.75 Å². The largest absolute Gasteiger partial charge is 1.00 e. The third-order valence-corrected chi connectivity index (χ3v) is 5.56. The van der Waals surface area contributed by atoms with Gasteiger partial charge in [0.05, 0.1) is 6.04 Å². The Morgan fingerprint density at radius 2 is 1.81 bits per heavy atom. The zero-order valence-electron chi connectivity index (χ0n) is 18.7. The number of hydrogen-bond acceptors (Lipinski definition) is 3. The molecular formula is C24H25ClN3NaO3. The molecule has 0 bridgehead atoms. The van der Waals surface area contributed by atoms with Crippen LogP contribution in [0, 0.1) is 6.92 Å². The van der Waals surface area contributed by atoms with Gasteiger partial charge in [-0.15, -0.1) is 0 Å². The normalized spacial score (nSPS) is 11.4. The number of carbonyl (C=O) groups is 1. The fourth-order valence-electron chi connectivity index (χ4n) is 3.45. The van der Waals surface area contributed by atoms with E-state index in [1.807, 2.05) is 55.5 Å². The summed E-state index contributed by atoms with van der Waals surface area (Å²) in [6.07, 6.45) is 2.81. The molecule has 0 aliphatic carbocycles. The first kappa shape index (κ1) is 26.0. The van der Waals surface area contributed by atoms with E-state index in [1.165, 1.54) is 17.8 Å². The van der Waals surface area contributed by atoms with Crippen LogP contribution in [0.15, 0.2) is 59.5 Å². The van der Waals surface area contributed by atoms with Crippen molar-refractivity contribution in [1.29, 1.82) is 0 Å². The molecule has 1 aromatic heterocycles. The molecule has 3 rings (SSSR count). The fourth-order valence-corrected chi connectivity index (χ4v) is 3.65. The van der Waals surface area contributed by atoms with E-state index in [9.17, 15) is 14.7 Å². The van der Waals surface area contributed by atoms with Gasteiger partial charge in [0.25, 0.3) is 5.56 Å². The van der Waals surface area contributed by atoms with Gasteiger partial charge in [-0.2, -0.15) is 0 Å². The zero-order chi connectivity index (χ0) is 22.5. The SMILES string of the molecule is CCC(NC(=O)Nc1c([O-])c(C)cn(C)c1=O)c1ccc(Cc2ccccc2Cl)cc1.[Na+]. The summed E-state index contributed by atoms with van der Waals surface area (Å²) < 4.78 is 1.28. The molecule has 8 heteroatoms. The Bertz CT molecular complexity index is 1150. The molecule has 1 unspecified atom stereocenters. The first-order valence-corrected chi connectivity index (χ1v) is 10.4. The van der Waals surface area contributed by atoms with Crippen molar-refractivity contribution in [3.8, 4) is 5.75 Å². The predicted molar refractivity (Wildman–Crippen MR) is 122 cm³/mol. The third kappa shape index (κ3) is 6.17. The van der Waals surface area contributed by atoms with Crippen LogP contribution in [-0.2, 0) is 13.5 Å². The second-order valence-electron chi connectivity index (χ2n) is 7.50. The molecule has 1 heterocycles. The Morgan fingerprint density at radius 3 is 2.44 bits per heavy atom. The second kappa shape index (κ2) is 11.6. The predicted octanol–water partition coefficient (Wildman–Crippen LogP) is 1.29. The van der Waals surface area contributed by atoms with Crippen LogP contribution in [0.3, 0.4) is 0 Å². The molecule has 162 valence electrons. The third-order valence-electron chi connectivity index (χ3n) is 5.19. The van der Waals surface area contributed by atoms with E-state index in [4.69, 9.17) is 11.6 Å². The Hall–Kier alpha value is -2.25. The molecule has 32 heavy (non-hydrogen) atoms. The van der Waals surface area contributed by atoms with Gasteiger partial charge in [-0.05, 0) is 48.1 Å². The van der Waals surface area contributed by atoms with Crippen LogP contribution in [0.25, 0.3) is 0 Å². The minimum absolute atomic E-state index is 0. The number of benzene rings is 2. The van der Waals surface area contributed by atoms with Crippen molar-refractivity contribution in [1.82, 2.24) is 9.88 Å². The number of anilines is 1. The maximum absolute atomic E-state index is 12.5. The molecular weight excluding hydrogens is 437 g/mol. The Labute approximate surface area is 214 Å². The van der Waals surface area contributed by atoms with Crippen LogP contribution < -0.4 is 50.9 Å². The number of nitrogens with one attached hydrogen (secondary N) is 2. The molecule has 2 N–H and O–H groups in total. The first-order valence-electron chi connectivity index (χ1n) is 10.1. The number of aryl methyl sites for hydroxylation is 2. The van der Waals surface area contributed by atoms with Crippen molar-refractivity contribution in [3.63, 3.8) is 0 Å². The van der Waals surface area contributed by atoms with Crippen LogP contribution in [-0.4, -0.2) is 10.6 Å². The summed E-state index contributed by atoms with van der Waals surface area (Å²) in [5.41, 5.74) is 2.69. The van der Waals surface area contributed by atoms with E-state index in [0.717, 1.165) is 21.7 Å². The van der Waals surface area contributed by atoms with Gasteiger partial charge in [-0.3, -0.25) is 4.79 Å². The van der Waals surface area contributed by atoms with E-state index in [0.29, 0.717) is 18.4 Å². The topological polar surface area (TPSA) is 86.2 Å². The van der Waals surface area contributed by atoms with Crippen LogP contribution >= 0.6 is 11.6 Å². The van der Waals surface area contributed by atoms with E-state index in [-0.39, 0.29) is 41.3 Å². The number of nitrogens with zero attached hydrogens (tertiary/aromatic N) is 1. The number of amides is 2. The standard InChI is InChI=1S/C24H26ClN3O3.Na/c1-4-20(26-24(31)27-21-22(29)15(2)14-28(3)23(21)30)17-11-9-16(10-12-17)13-18-7-5-6-8-19(18)25;/h5-12,14,20,29H,4,13H2,1-3H3,(H2,26,27,31);/q;+1/p-1. The summed E-state index contributed by atoms with van der Waals surface area (Å²) in [6.45, 7) is 3.55. The Morgan fingerprint density at radius 1 is 1.16 bits per heavy atom. The van der Waals surface area contributed by atoms with Gasteiger partial charge < -0.3 is 20.3 Å². The fraction of sp³-hybridized carbons (Fsp3) is 0.250. The van der Waals surface area contributed by atoms with Crippen molar-refractivity contribution in [2.75, 3.05) is 5.32 Å².